The van der Waals surface area contributed by atoms with Crippen LogP contribution >= 0.6 is 22.9 Å². The number of hydrogen-bond donors (Lipinski definition) is 1. The lowest BCUT2D eigenvalue weighted by atomic mass is 9.91. The molecule has 1 N–H and O–H groups in total. The monoisotopic (exact) mass is 520 g/mol. The van der Waals surface area contributed by atoms with E-state index in [1.165, 1.54) is 16.8 Å². The molecule has 5 nitrogen and oxygen atoms in total. The molecule has 3 aromatic carbocycles. The first-order valence-corrected chi connectivity index (χ1v) is 13.2. The van der Waals surface area contributed by atoms with Crippen LogP contribution in [0.3, 0.4) is 0 Å². The minimum Gasteiger partial charge on any atom is -0.479 e. The van der Waals surface area contributed by atoms with Crippen molar-refractivity contribution >= 4 is 49.9 Å². The summed E-state index contributed by atoms with van der Waals surface area (Å²) in [5.74, 6) is -1.02. The van der Waals surface area contributed by atoms with Crippen molar-refractivity contribution in [2.24, 2.45) is 0 Å². The zero-order valence-corrected chi connectivity index (χ0v) is 22.6. The predicted molar refractivity (Wildman–Crippen MR) is 148 cm³/mol. The molecule has 1 atom stereocenters. The molecule has 1 aromatic heterocycles. The van der Waals surface area contributed by atoms with E-state index in [0.717, 1.165) is 45.0 Å². The van der Waals surface area contributed by atoms with Gasteiger partial charge in [-0.05, 0) is 82.0 Å². The molecular formula is C29H29ClN2O3S. The summed E-state index contributed by atoms with van der Waals surface area (Å²) in [5, 5.41) is 11.8. The van der Waals surface area contributed by atoms with Crippen LogP contribution in [-0.4, -0.2) is 28.2 Å². The lowest BCUT2D eigenvalue weighted by Crippen LogP contribution is -2.28. The number of aromatic nitrogens is 1. The molecule has 0 saturated heterocycles. The van der Waals surface area contributed by atoms with E-state index in [9.17, 15) is 9.90 Å². The second-order valence-corrected chi connectivity index (χ2v) is 11.7. The van der Waals surface area contributed by atoms with Gasteiger partial charge in [-0.2, -0.15) is 0 Å². The van der Waals surface area contributed by atoms with E-state index in [1.807, 2.05) is 58.0 Å². The highest BCUT2D eigenvalue weighted by molar-refractivity contribution is 7.22. The number of halogens is 1. The number of hydrogen-bond acceptors (Lipinski definition) is 5. The molecule has 4 aromatic rings. The van der Waals surface area contributed by atoms with Crippen molar-refractivity contribution in [3.05, 3.63) is 75.8 Å². The number of aliphatic carboxylic acids is 1. The first-order chi connectivity index (χ1) is 17.0. The Kier molecular flexibility index (Phi) is 6.31. The van der Waals surface area contributed by atoms with E-state index in [2.05, 4.69) is 30.0 Å². The van der Waals surface area contributed by atoms with E-state index in [4.69, 9.17) is 21.3 Å². The summed E-state index contributed by atoms with van der Waals surface area (Å²) >= 11 is 7.79. The van der Waals surface area contributed by atoms with Crippen LogP contribution in [0.5, 0.6) is 0 Å². The molecule has 0 radical (unpaired) electrons. The summed E-state index contributed by atoms with van der Waals surface area (Å²) in [7, 11) is 0. The van der Waals surface area contributed by atoms with Crippen LogP contribution in [0.15, 0.2) is 48.5 Å². The van der Waals surface area contributed by atoms with Gasteiger partial charge in [0.1, 0.15) is 0 Å². The average molecular weight is 521 g/mol. The minimum absolute atomic E-state index is 0.624. The Bertz CT molecular complexity index is 1470. The lowest BCUT2D eigenvalue weighted by molar-refractivity contribution is -0.160. The third-order valence-corrected chi connectivity index (χ3v) is 7.73. The zero-order valence-electron chi connectivity index (χ0n) is 21.1. The smallest absolute Gasteiger partial charge is 0.337 e. The fourth-order valence-electron chi connectivity index (χ4n) is 4.87. The van der Waals surface area contributed by atoms with Crippen LogP contribution in [0, 0.1) is 13.8 Å². The zero-order chi connectivity index (χ0) is 25.8. The number of carboxylic acid groups (broad SMARTS) is 1. The van der Waals surface area contributed by atoms with E-state index in [0.29, 0.717) is 10.6 Å². The van der Waals surface area contributed by atoms with Gasteiger partial charge in [-0.15, -0.1) is 0 Å². The topological polar surface area (TPSA) is 62.7 Å². The third kappa shape index (κ3) is 4.61. The van der Waals surface area contributed by atoms with E-state index < -0.39 is 17.7 Å². The number of fused-ring (bicyclic) bond motifs is 2. The fourth-order valence-corrected chi connectivity index (χ4v) is 6.16. The van der Waals surface area contributed by atoms with Crippen molar-refractivity contribution in [1.82, 2.24) is 4.98 Å². The van der Waals surface area contributed by atoms with Crippen LogP contribution in [0.25, 0.3) is 21.3 Å². The molecule has 0 saturated carbocycles. The molecule has 0 amide bonds. The van der Waals surface area contributed by atoms with Crippen LogP contribution in [0.4, 0.5) is 10.8 Å². The molecule has 0 aliphatic carbocycles. The minimum atomic E-state index is -1.12. The molecular weight excluding hydrogens is 492 g/mol. The standard InChI is InChI=1S/C29H29ClN2O3S/c1-16-6-11-22-19(14-16)12-13-32(22)28-31-21-15-17(2)23(25(27(33)34)35-29(3,4)5)24(26(21)36-28)18-7-9-20(30)10-8-18/h6-11,14-15,25H,12-13H2,1-5H3,(H,33,34). The molecule has 7 heteroatoms. The van der Waals surface area contributed by atoms with Crippen molar-refractivity contribution in [1.29, 1.82) is 0 Å². The van der Waals surface area contributed by atoms with Crippen molar-refractivity contribution in [2.75, 3.05) is 11.4 Å². The SMILES string of the molecule is Cc1ccc2c(c1)CCN2c1nc2cc(C)c(C(OC(C)(C)C)C(=O)O)c(-c3ccc(Cl)cc3)c2s1. The van der Waals surface area contributed by atoms with Gasteiger partial charge in [0.15, 0.2) is 11.2 Å². The summed E-state index contributed by atoms with van der Waals surface area (Å²) in [6, 6.07) is 16.0. The average Bonchev–Trinajstić information content (AvgIpc) is 3.40. The summed E-state index contributed by atoms with van der Waals surface area (Å²) in [4.78, 5) is 19.8. The second kappa shape index (κ2) is 9.18. The highest BCUT2D eigenvalue weighted by Gasteiger charge is 2.33. The number of benzene rings is 3. The Morgan fingerprint density at radius 3 is 2.53 bits per heavy atom. The number of rotatable bonds is 5. The molecule has 0 fully saturated rings. The lowest BCUT2D eigenvalue weighted by Gasteiger charge is -2.28. The highest BCUT2D eigenvalue weighted by atomic mass is 35.5. The number of ether oxygens (including phenoxy) is 1. The predicted octanol–water partition coefficient (Wildman–Crippen LogP) is 7.87. The number of aryl methyl sites for hydroxylation is 2. The molecule has 2 heterocycles. The summed E-state index contributed by atoms with van der Waals surface area (Å²) in [6.45, 7) is 10.5. The van der Waals surface area contributed by atoms with Gasteiger partial charge in [-0.3, -0.25) is 0 Å². The van der Waals surface area contributed by atoms with Gasteiger partial charge in [0.2, 0.25) is 0 Å². The Hall–Kier alpha value is -2.93. The summed E-state index contributed by atoms with van der Waals surface area (Å²) in [5.41, 5.74) is 7.18. The first-order valence-electron chi connectivity index (χ1n) is 12.0. The Morgan fingerprint density at radius 2 is 1.86 bits per heavy atom. The maximum atomic E-state index is 12.5. The van der Waals surface area contributed by atoms with Gasteiger partial charge in [-0.1, -0.05) is 52.8 Å². The van der Waals surface area contributed by atoms with E-state index in [1.54, 1.807) is 11.3 Å². The molecule has 186 valence electrons. The van der Waals surface area contributed by atoms with Crippen LogP contribution in [0.1, 0.15) is 49.1 Å². The molecule has 1 aliphatic heterocycles. The summed E-state index contributed by atoms with van der Waals surface area (Å²) in [6.07, 6.45) is -0.150. The Morgan fingerprint density at radius 1 is 1.14 bits per heavy atom. The fraction of sp³-hybridized carbons (Fsp3) is 0.310. The first kappa shape index (κ1) is 24.8. The van der Waals surface area contributed by atoms with Gasteiger partial charge in [-0.25, -0.2) is 9.78 Å². The summed E-state index contributed by atoms with van der Waals surface area (Å²) < 4.78 is 7.06. The molecule has 0 spiro atoms. The van der Waals surface area contributed by atoms with Crippen LogP contribution in [0.2, 0.25) is 5.02 Å². The van der Waals surface area contributed by atoms with Crippen molar-refractivity contribution in [3.8, 4) is 11.1 Å². The number of carbonyl (C=O) groups is 1. The maximum Gasteiger partial charge on any atom is 0.337 e. The molecule has 0 bridgehead atoms. The quantitative estimate of drug-likeness (QED) is 0.290. The van der Waals surface area contributed by atoms with Crippen LogP contribution < -0.4 is 4.90 Å². The number of anilines is 2. The number of nitrogens with zero attached hydrogens (tertiary/aromatic N) is 2. The molecule has 1 unspecified atom stereocenters. The van der Waals surface area contributed by atoms with Gasteiger partial charge >= 0.3 is 5.97 Å². The van der Waals surface area contributed by atoms with Gasteiger partial charge in [0.05, 0.1) is 15.8 Å². The molecule has 36 heavy (non-hydrogen) atoms. The largest absolute Gasteiger partial charge is 0.479 e. The van der Waals surface area contributed by atoms with Crippen molar-refractivity contribution in [3.63, 3.8) is 0 Å². The number of thiazole rings is 1. The van der Waals surface area contributed by atoms with Crippen LogP contribution in [-0.2, 0) is 16.0 Å². The third-order valence-electron chi connectivity index (χ3n) is 6.37. The molecule has 1 aliphatic rings. The van der Waals surface area contributed by atoms with E-state index >= 15 is 0 Å². The maximum absolute atomic E-state index is 12.5. The molecule has 5 rings (SSSR count). The van der Waals surface area contributed by atoms with Gasteiger partial charge in [0.25, 0.3) is 0 Å². The Balaban J connectivity index is 1.74. The van der Waals surface area contributed by atoms with Crippen molar-refractivity contribution in [2.45, 2.75) is 52.7 Å². The Labute approximate surface area is 220 Å². The van der Waals surface area contributed by atoms with Gasteiger partial charge < -0.3 is 14.7 Å². The van der Waals surface area contributed by atoms with Gasteiger partial charge in [0, 0.05) is 28.4 Å². The highest BCUT2D eigenvalue weighted by Crippen LogP contribution is 2.46. The normalized spacial score (nSPS) is 14.3. The van der Waals surface area contributed by atoms with Crippen molar-refractivity contribution < 1.29 is 14.6 Å². The number of carboxylic acids is 1. The van der Waals surface area contributed by atoms with E-state index in [-0.39, 0.29) is 0 Å². The second-order valence-electron chi connectivity index (χ2n) is 10.3.